The zero-order valence-electron chi connectivity index (χ0n) is 7.91. The van der Waals surface area contributed by atoms with Crippen LogP contribution in [0.3, 0.4) is 0 Å². The molecule has 0 aromatic rings. The lowest BCUT2D eigenvalue weighted by Crippen LogP contribution is -2.38. The Morgan fingerprint density at radius 1 is 1.31 bits per heavy atom. The second-order valence-corrected chi connectivity index (χ2v) is 3.29. The lowest BCUT2D eigenvalue weighted by Gasteiger charge is -2.31. The Bertz CT molecular complexity index is 161. The van der Waals surface area contributed by atoms with Gasteiger partial charge in [0.2, 0.25) is 0 Å². The summed E-state index contributed by atoms with van der Waals surface area (Å²) in [5, 5.41) is 8.78. The summed E-state index contributed by atoms with van der Waals surface area (Å²) in [6.45, 7) is 2.41. The molecule has 0 spiro atoms. The number of likely N-dealkylation sites (tertiary alicyclic amines) is 1. The molecule has 2 nitrogen and oxygen atoms in total. The lowest BCUT2D eigenvalue weighted by molar-refractivity contribution is 0.165. The van der Waals surface area contributed by atoms with E-state index in [1.165, 1.54) is 19.3 Å². The second-order valence-electron chi connectivity index (χ2n) is 3.29. The Labute approximate surface area is 91.1 Å². The Hall–Kier alpha value is -0.0400. The predicted octanol–water partition coefficient (Wildman–Crippen LogP) is 1.43. The third kappa shape index (κ3) is 4.12. The average Bonchev–Trinajstić information content (AvgIpc) is 2.15. The highest BCUT2D eigenvalue weighted by Gasteiger charge is 2.17. The standard InChI is InChI=1S/C10H17NO.BrH/c1-2-10(6-9-12)11-7-4-3-5-8-11;/h1,10,12H,3-9H2;1H/t10-;/m1./s1. The van der Waals surface area contributed by atoms with E-state index in [1.807, 2.05) is 0 Å². The van der Waals surface area contributed by atoms with Gasteiger partial charge in [-0.3, -0.25) is 4.90 Å². The molecule has 0 aromatic carbocycles. The van der Waals surface area contributed by atoms with Gasteiger partial charge in [0.1, 0.15) is 0 Å². The van der Waals surface area contributed by atoms with E-state index in [0.717, 1.165) is 19.5 Å². The van der Waals surface area contributed by atoms with Crippen LogP contribution in [-0.4, -0.2) is 35.7 Å². The van der Waals surface area contributed by atoms with E-state index in [4.69, 9.17) is 11.5 Å². The highest BCUT2D eigenvalue weighted by Crippen LogP contribution is 2.13. The molecule has 0 unspecified atom stereocenters. The molecule has 0 radical (unpaired) electrons. The number of aliphatic hydroxyl groups excluding tert-OH is 1. The minimum atomic E-state index is 0. The number of piperidine rings is 1. The Morgan fingerprint density at radius 2 is 1.92 bits per heavy atom. The monoisotopic (exact) mass is 247 g/mol. The Balaban J connectivity index is 0.00000144. The van der Waals surface area contributed by atoms with Crippen molar-refractivity contribution >= 4 is 17.0 Å². The first-order chi connectivity index (χ1) is 5.88. The van der Waals surface area contributed by atoms with E-state index in [2.05, 4.69) is 10.8 Å². The first-order valence-corrected chi connectivity index (χ1v) is 4.69. The molecule has 0 bridgehead atoms. The first kappa shape index (κ1) is 13.0. The summed E-state index contributed by atoms with van der Waals surface area (Å²) < 4.78 is 0. The third-order valence-corrected chi connectivity index (χ3v) is 2.43. The van der Waals surface area contributed by atoms with Crippen molar-refractivity contribution in [3.63, 3.8) is 0 Å². The van der Waals surface area contributed by atoms with E-state index in [1.54, 1.807) is 0 Å². The normalized spacial score (nSPS) is 20.0. The molecule has 0 amide bonds. The molecule has 1 aliphatic rings. The smallest absolute Gasteiger partial charge is 0.0733 e. The molecular weight excluding hydrogens is 230 g/mol. The van der Waals surface area contributed by atoms with Crippen LogP contribution < -0.4 is 0 Å². The molecule has 1 aliphatic heterocycles. The molecule has 1 atom stereocenters. The van der Waals surface area contributed by atoms with Gasteiger partial charge in [0.05, 0.1) is 6.04 Å². The number of rotatable bonds is 3. The van der Waals surface area contributed by atoms with Gasteiger partial charge in [-0.15, -0.1) is 23.4 Å². The minimum Gasteiger partial charge on any atom is -0.396 e. The number of nitrogens with zero attached hydrogens (tertiary/aromatic N) is 1. The van der Waals surface area contributed by atoms with Crippen molar-refractivity contribution < 1.29 is 5.11 Å². The highest BCUT2D eigenvalue weighted by molar-refractivity contribution is 8.93. The van der Waals surface area contributed by atoms with Crippen LogP contribution in [0.2, 0.25) is 0 Å². The van der Waals surface area contributed by atoms with Crippen LogP contribution in [0, 0.1) is 12.3 Å². The van der Waals surface area contributed by atoms with Crippen LogP contribution in [0.4, 0.5) is 0 Å². The molecular formula is C10H18BrNO. The molecule has 3 heteroatoms. The minimum absolute atomic E-state index is 0. The van der Waals surface area contributed by atoms with Crippen LogP contribution in [0.5, 0.6) is 0 Å². The maximum absolute atomic E-state index is 8.78. The highest BCUT2D eigenvalue weighted by atomic mass is 79.9. The van der Waals surface area contributed by atoms with Crippen LogP contribution in [0.25, 0.3) is 0 Å². The fraction of sp³-hybridized carbons (Fsp3) is 0.800. The van der Waals surface area contributed by atoms with Crippen LogP contribution in [-0.2, 0) is 0 Å². The summed E-state index contributed by atoms with van der Waals surface area (Å²) in [6.07, 6.45) is 9.94. The van der Waals surface area contributed by atoms with Gasteiger partial charge in [0.25, 0.3) is 0 Å². The van der Waals surface area contributed by atoms with Crippen LogP contribution in [0.1, 0.15) is 25.7 Å². The molecule has 0 aromatic heterocycles. The fourth-order valence-electron chi connectivity index (χ4n) is 1.72. The first-order valence-electron chi connectivity index (χ1n) is 4.69. The van der Waals surface area contributed by atoms with Crippen LogP contribution >= 0.6 is 17.0 Å². The number of hydrogen-bond acceptors (Lipinski definition) is 2. The number of hydrogen-bond donors (Lipinski definition) is 1. The molecule has 76 valence electrons. The van der Waals surface area contributed by atoms with Gasteiger partial charge in [0.15, 0.2) is 0 Å². The SMILES string of the molecule is Br.C#C[C@H](CCO)N1CCCCC1. The van der Waals surface area contributed by atoms with Gasteiger partial charge in [-0.05, 0) is 32.4 Å². The maximum atomic E-state index is 8.78. The van der Waals surface area contributed by atoms with Gasteiger partial charge >= 0.3 is 0 Å². The molecule has 0 saturated carbocycles. The van der Waals surface area contributed by atoms with Crippen LogP contribution in [0.15, 0.2) is 0 Å². The second kappa shape index (κ2) is 7.37. The van der Waals surface area contributed by atoms with Crippen molar-refractivity contribution in [2.24, 2.45) is 0 Å². The van der Waals surface area contributed by atoms with Gasteiger partial charge in [-0.25, -0.2) is 0 Å². The Kier molecular flexibility index (Phi) is 7.35. The third-order valence-electron chi connectivity index (χ3n) is 2.43. The lowest BCUT2D eigenvalue weighted by atomic mass is 10.1. The molecule has 0 aliphatic carbocycles. The van der Waals surface area contributed by atoms with Crippen molar-refractivity contribution in [1.82, 2.24) is 4.90 Å². The molecule has 1 saturated heterocycles. The average molecular weight is 248 g/mol. The van der Waals surface area contributed by atoms with E-state index in [0.29, 0.717) is 0 Å². The van der Waals surface area contributed by atoms with Crippen molar-refractivity contribution in [3.05, 3.63) is 0 Å². The summed E-state index contributed by atoms with van der Waals surface area (Å²) >= 11 is 0. The summed E-state index contributed by atoms with van der Waals surface area (Å²) in [7, 11) is 0. The summed E-state index contributed by atoms with van der Waals surface area (Å²) in [5.41, 5.74) is 0. The summed E-state index contributed by atoms with van der Waals surface area (Å²) in [4.78, 5) is 2.31. The number of terminal acetylenes is 1. The van der Waals surface area contributed by atoms with Gasteiger partial charge < -0.3 is 5.11 Å². The van der Waals surface area contributed by atoms with Gasteiger partial charge in [-0.1, -0.05) is 12.3 Å². The van der Waals surface area contributed by atoms with E-state index < -0.39 is 0 Å². The number of halogens is 1. The van der Waals surface area contributed by atoms with Crippen molar-refractivity contribution in [1.29, 1.82) is 0 Å². The van der Waals surface area contributed by atoms with Crippen molar-refractivity contribution in [3.8, 4) is 12.3 Å². The van der Waals surface area contributed by atoms with E-state index in [9.17, 15) is 0 Å². The largest absolute Gasteiger partial charge is 0.396 e. The molecule has 13 heavy (non-hydrogen) atoms. The zero-order valence-corrected chi connectivity index (χ0v) is 9.62. The summed E-state index contributed by atoms with van der Waals surface area (Å²) in [5.74, 6) is 2.74. The van der Waals surface area contributed by atoms with Crippen molar-refractivity contribution in [2.45, 2.75) is 31.7 Å². The topological polar surface area (TPSA) is 23.5 Å². The molecule has 1 heterocycles. The predicted molar refractivity (Wildman–Crippen MR) is 60.1 cm³/mol. The molecule has 1 N–H and O–H groups in total. The van der Waals surface area contributed by atoms with E-state index in [-0.39, 0.29) is 29.6 Å². The van der Waals surface area contributed by atoms with Crippen molar-refractivity contribution in [2.75, 3.05) is 19.7 Å². The zero-order chi connectivity index (χ0) is 8.81. The van der Waals surface area contributed by atoms with Gasteiger partial charge in [0, 0.05) is 6.61 Å². The summed E-state index contributed by atoms with van der Waals surface area (Å²) in [6, 6.07) is 0.162. The van der Waals surface area contributed by atoms with E-state index >= 15 is 0 Å². The fourth-order valence-corrected chi connectivity index (χ4v) is 1.72. The quantitative estimate of drug-likeness (QED) is 0.764. The Morgan fingerprint density at radius 3 is 2.38 bits per heavy atom. The van der Waals surface area contributed by atoms with Gasteiger partial charge in [-0.2, -0.15) is 0 Å². The molecule has 1 fully saturated rings. The number of aliphatic hydroxyl groups is 1. The molecule has 1 rings (SSSR count). The maximum Gasteiger partial charge on any atom is 0.0733 e.